The van der Waals surface area contributed by atoms with Gasteiger partial charge >= 0.3 is 0 Å². The first kappa shape index (κ1) is 17.4. The van der Waals surface area contributed by atoms with Crippen molar-refractivity contribution in [1.82, 2.24) is 4.98 Å². The second-order valence-corrected chi connectivity index (χ2v) is 5.27. The van der Waals surface area contributed by atoms with Crippen LogP contribution in [-0.4, -0.2) is 22.5 Å². The molecule has 0 spiro atoms. The van der Waals surface area contributed by atoms with Crippen molar-refractivity contribution in [3.63, 3.8) is 0 Å². The molecule has 1 aromatic carbocycles. The number of carbonyl (C=O) groups is 1. The smallest absolute Gasteiger partial charge is 0.275 e. The van der Waals surface area contributed by atoms with Crippen molar-refractivity contribution in [3.8, 4) is 5.75 Å². The van der Waals surface area contributed by atoms with Crippen LogP contribution in [0, 0.1) is 0 Å². The molecule has 0 saturated carbocycles. The monoisotopic (exact) mass is 327 g/mol. The largest absolute Gasteiger partial charge is 0.506 e. The van der Waals surface area contributed by atoms with E-state index in [1.807, 2.05) is 13.0 Å². The van der Waals surface area contributed by atoms with Crippen molar-refractivity contribution in [3.05, 3.63) is 39.8 Å². The Hall–Kier alpha value is -1.63. The highest BCUT2D eigenvalue weighted by Crippen LogP contribution is 2.25. The van der Waals surface area contributed by atoms with E-state index >= 15 is 0 Å². The van der Waals surface area contributed by atoms with E-state index in [1.165, 1.54) is 11.3 Å². The van der Waals surface area contributed by atoms with Crippen LogP contribution in [0.5, 0.6) is 5.75 Å². The number of aryl methyl sites for hydroxylation is 1. The topological polar surface area (TPSA) is 88.2 Å². The fourth-order valence-electron chi connectivity index (χ4n) is 1.74. The quantitative estimate of drug-likeness (QED) is 0.736. The number of rotatable bonds is 5. The predicted octanol–water partition coefficient (Wildman–Crippen LogP) is 2.59. The maximum Gasteiger partial charge on any atom is 0.275 e. The number of hydrogen-bond acceptors (Lipinski definition) is 5. The number of nitrogens with two attached hydrogens (primary N) is 1. The summed E-state index contributed by atoms with van der Waals surface area (Å²) >= 11 is 1.41. The molecule has 2 rings (SSSR count). The zero-order valence-corrected chi connectivity index (χ0v) is 13.3. The van der Waals surface area contributed by atoms with Gasteiger partial charge in [0.15, 0.2) is 0 Å². The van der Waals surface area contributed by atoms with Gasteiger partial charge in [0.1, 0.15) is 11.4 Å². The minimum absolute atomic E-state index is 0. The number of anilines is 1. The van der Waals surface area contributed by atoms with Crippen molar-refractivity contribution in [2.45, 2.75) is 19.8 Å². The summed E-state index contributed by atoms with van der Waals surface area (Å²) < 4.78 is 0. The summed E-state index contributed by atoms with van der Waals surface area (Å²) in [5.74, 6) is -0.277. The van der Waals surface area contributed by atoms with Crippen LogP contribution in [-0.2, 0) is 12.8 Å². The Bertz CT molecular complexity index is 616. The van der Waals surface area contributed by atoms with Gasteiger partial charge in [-0.2, -0.15) is 0 Å². The van der Waals surface area contributed by atoms with Crippen LogP contribution in [0.4, 0.5) is 5.69 Å². The minimum atomic E-state index is -0.326. The van der Waals surface area contributed by atoms with Crippen molar-refractivity contribution >= 4 is 35.3 Å². The number of hydrogen-bond donors (Lipinski definition) is 3. The van der Waals surface area contributed by atoms with Crippen LogP contribution in [0.25, 0.3) is 0 Å². The highest BCUT2D eigenvalue weighted by molar-refractivity contribution is 7.09. The normalized spacial score (nSPS) is 10.0. The van der Waals surface area contributed by atoms with E-state index in [2.05, 4.69) is 10.3 Å². The van der Waals surface area contributed by atoms with Gasteiger partial charge in [-0.25, -0.2) is 4.98 Å². The molecular formula is C14H18ClN3O2S. The van der Waals surface area contributed by atoms with Gasteiger partial charge in [0.25, 0.3) is 5.91 Å². The van der Waals surface area contributed by atoms with Crippen LogP contribution in [0.2, 0.25) is 0 Å². The second-order valence-electron chi connectivity index (χ2n) is 4.32. The molecule has 0 fully saturated rings. The molecule has 0 bridgehead atoms. The van der Waals surface area contributed by atoms with Gasteiger partial charge in [-0.05, 0) is 30.7 Å². The third-order valence-corrected chi connectivity index (χ3v) is 3.77. The van der Waals surface area contributed by atoms with Crippen molar-refractivity contribution in [2.75, 3.05) is 11.9 Å². The average molecular weight is 328 g/mol. The number of thiazole rings is 1. The third kappa shape index (κ3) is 4.42. The number of phenolic OH excluding ortho intramolecular Hbond substituents is 1. The van der Waals surface area contributed by atoms with E-state index < -0.39 is 0 Å². The number of aromatic hydroxyl groups is 1. The summed E-state index contributed by atoms with van der Waals surface area (Å²) in [6.07, 6.45) is 1.50. The molecule has 0 aliphatic rings. The predicted molar refractivity (Wildman–Crippen MR) is 87.6 cm³/mol. The standard InChI is InChI=1S/C14H17N3O2S.ClH/c1-2-9-3-4-12(18)10(7-9)17-14(19)11-8-20-13(16-11)5-6-15;/h3-4,7-8,18H,2,5-6,15H2,1H3,(H,17,19);1H. The number of carbonyl (C=O) groups excluding carboxylic acids is 1. The first-order valence-corrected chi connectivity index (χ1v) is 7.29. The lowest BCUT2D eigenvalue weighted by Crippen LogP contribution is -2.13. The molecule has 2 aromatic rings. The summed E-state index contributed by atoms with van der Waals surface area (Å²) in [5, 5.41) is 15.0. The zero-order chi connectivity index (χ0) is 14.5. The molecule has 1 heterocycles. The molecular weight excluding hydrogens is 310 g/mol. The van der Waals surface area contributed by atoms with Crippen molar-refractivity contribution < 1.29 is 9.90 Å². The van der Waals surface area contributed by atoms with Gasteiger partial charge in [0, 0.05) is 11.8 Å². The Morgan fingerprint density at radius 1 is 1.48 bits per heavy atom. The molecule has 0 aliphatic carbocycles. The van der Waals surface area contributed by atoms with E-state index in [-0.39, 0.29) is 24.1 Å². The fourth-order valence-corrected chi connectivity index (χ4v) is 2.54. The minimum Gasteiger partial charge on any atom is -0.506 e. The molecule has 4 N–H and O–H groups in total. The number of nitrogens with one attached hydrogen (secondary N) is 1. The fraction of sp³-hybridized carbons (Fsp3) is 0.286. The van der Waals surface area contributed by atoms with Gasteiger partial charge < -0.3 is 16.2 Å². The van der Waals surface area contributed by atoms with Gasteiger partial charge in [0.05, 0.1) is 10.7 Å². The Morgan fingerprint density at radius 3 is 2.90 bits per heavy atom. The van der Waals surface area contributed by atoms with Crippen molar-refractivity contribution in [2.24, 2.45) is 5.73 Å². The maximum absolute atomic E-state index is 12.1. The molecule has 0 unspecified atom stereocenters. The number of aromatic nitrogens is 1. The molecule has 114 valence electrons. The summed E-state index contributed by atoms with van der Waals surface area (Å²) in [6, 6.07) is 5.17. The van der Waals surface area contributed by atoms with E-state index in [0.717, 1.165) is 17.0 Å². The van der Waals surface area contributed by atoms with Crippen molar-refractivity contribution in [1.29, 1.82) is 0 Å². The number of nitrogens with zero attached hydrogens (tertiary/aromatic N) is 1. The van der Waals surface area contributed by atoms with Gasteiger partial charge in [0.2, 0.25) is 0 Å². The Morgan fingerprint density at radius 2 is 2.24 bits per heavy atom. The molecule has 5 nitrogen and oxygen atoms in total. The number of halogens is 1. The summed E-state index contributed by atoms with van der Waals surface area (Å²) in [5.41, 5.74) is 7.25. The highest BCUT2D eigenvalue weighted by atomic mass is 35.5. The van der Waals surface area contributed by atoms with Gasteiger partial charge in [-0.15, -0.1) is 23.7 Å². The lowest BCUT2D eigenvalue weighted by atomic mass is 10.1. The maximum atomic E-state index is 12.1. The number of benzene rings is 1. The summed E-state index contributed by atoms with van der Waals surface area (Å²) in [6.45, 7) is 2.52. The number of amides is 1. The lowest BCUT2D eigenvalue weighted by molar-refractivity contribution is 0.102. The van der Waals surface area contributed by atoms with Crippen LogP contribution in [0.3, 0.4) is 0 Å². The molecule has 7 heteroatoms. The molecule has 0 radical (unpaired) electrons. The van der Waals surface area contributed by atoms with Crippen LogP contribution in [0.15, 0.2) is 23.6 Å². The average Bonchev–Trinajstić information content (AvgIpc) is 2.90. The SMILES string of the molecule is CCc1ccc(O)c(NC(=O)c2csc(CCN)n2)c1.Cl. The first-order chi connectivity index (χ1) is 9.63. The summed E-state index contributed by atoms with van der Waals surface area (Å²) in [7, 11) is 0. The summed E-state index contributed by atoms with van der Waals surface area (Å²) in [4.78, 5) is 16.3. The van der Waals surface area contributed by atoms with E-state index in [4.69, 9.17) is 5.73 Å². The molecule has 1 aromatic heterocycles. The van der Waals surface area contributed by atoms with E-state index in [0.29, 0.717) is 24.3 Å². The molecule has 21 heavy (non-hydrogen) atoms. The molecule has 0 aliphatic heterocycles. The van der Waals surface area contributed by atoms with E-state index in [9.17, 15) is 9.90 Å². The Kier molecular flexibility index (Phi) is 6.61. The molecule has 0 saturated heterocycles. The van der Waals surface area contributed by atoms with Gasteiger partial charge in [-0.1, -0.05) is 13.0 Å². The third-order valence-electron chi connectivity index (χ3n) is 2.86. The van der Waals surface area contributed by atoms with Gasteiger partial charge in [-0.3, -0.25) is 4.79 Å². The Balaban J connectivity index is 0.00000220. The van der Waals surface area contributed by atoms with E-state index in [1.54, 1.807) is 17.5 Å². The Labute approximate surface area is 133 Å². The van der Waals surface area contributed by atoms with Crippen LogP contribution >= 0.6 is 23.7 Å². The second kappa shape index (κ2) is 7.97. The highest BCUT2D eigenvalue weighted by Gasteiger charge is 2.13. The molecule has 0 atom stereocenters. The van der Waals surface area contributed by atoms with Crippen LogP contribution < -0.4 is 11.1 Å². The van der Waals surface area contributed by atoms with Crippen LogP contribution in [0.1, 0.15) is 28.0 Å². The number of phenols is 1. The lowest BCUT2D eigenvalue weighted by Gasteiger charge is -2.07. The first-order valence-electron chi connectivity index (χ1n) is 6.41. The molecule has 1 amide bonds. The zero-order valence-electron chi connectivity index (χ0n) is 11.6.